The van der Waals surface area contributed by atoms with Crippen molar-refractivity contribution < 1.29 is 9.53 Å². The van der Waals surface area contributed by atoms with Crippen LogP contribution in [0.5, 0.6) is 5.75 Å². The number of carbonyl (C=O) groups is 1. The number of rotatable bonds is 4. The van der Waals surface area contributed by atoms with Gasteiger partial charge in [0.25, 0.3) is 0 Å². The molecule has 0 bridgehead atoms. The van der Waals surface area contributed by atoms with Crippen molar-refractivity contribution in [1.82, 2.24) is 9.38 Å². The Kier molecular flexibility index (Phi) is 3.21. The van der Waals surface area contributed by atoms with Crippen molar-refractivity contribution in [3.63, 3.8) is 0 Å². The number of nitrogens with zero attached hydrogens (tertiary/aromatic N) is 2. The molecule has 0 fully saturated rings. The van der Waals surface area contributed by atoms with Crippen LogP contribution in [0.25, 0.3) is 5.52 Å². The van der Waals surface area contributed by atoms with Crippen LogP contribution in [0.4, 0.5) is 0 Å². The summed E-state index contributed by atoms with van der Waals surface area (Å²) in [5, 5.41) is 0. The van der Waals surface area contributed by atoms with Crippen molar-refractivity contribution in [3.05, 3.63) is 65.7 Å². The molecule has 3 rings (SSSR count). The van der Waals surface area contributed by atoms with Gasteiger partial charge < -0.3 is 9.14 Å². The summed E-state index contributed by atoms with van der Waals surface area (Å²) in [6.45, 7) is 2.32. The molecule has 1 aromatic carbocycles. The van der Waals surface area contributed by atoms with Crippen LogP contribution < -0.4 is 4.74 Å². The number of aromatic nitrogens is 2. The highest BCUT2D eigenvalue weighted by Gasteiger charge is 2.10. The Bertz CT molecular complexity index is 762. The van der Waals surface area contributed by atoms with Gasteiger partial charge >= 0.3 is 0 Å². The average molecular weight is 266 g/mol. The Hall–Kier alpha value is -2.62. The summed E-state index contributed by atoms with van der Waals surface area (Å²) in [5.74, 6) is 1.54. The fraction of sp³-hybridized carbons (Fsp3) is 0.125. The topological polar surface area (TPSA) is 43.6 Å². The van der Waals surface area contributed by atoms with Gasteiger partial charge in [-0.25, -0.2) is 4.98 Å². The largest absolute Gasteiger partial charge is 0.485 e. The first-order valence-corrected chi connectivity index (χ1v) is 6.39. The Morgan fingerprint density at radius 2 is 2.00 bits per heavy atom. The van der Waals surface area contributed by atoms with E-state index >= 15 is 0 Å². The SMILES string of the molecule is Cc1ccccc1OCc1nc(C=O)c2ccccn12. The number of hydrogen-bond donors (Lipinski definition) is 0. The van der Waals surface area contributed by atoms with E-state index in [0.717, 1.165) is 23.1 Å². The van der Waals surface area contributed by atoms with Crippen LogP contribution in [0.15, 0.2) is 48.7 Å². The van der Waals surface area contributed by atoms with Crippen molar-refractivity contribution in [2.75, 3.05) is 0 Å². The van der Waals surface area contributed by atoms with E-state index in [1.807, 2.05) is 60.0 Å². The molecule has 4 heteroatoms. The molecule has 0 unspecified atom stereocenters. The van der Waals surface area contributed by atoms with Gasteiger partial charge in [0.15, 0.2) is 12.1 Å². The third kappa shape index (κ3) is 2.16. The van der Waals surface area contributed by atoms with Crippen molar-refractivity contribution in [2.45, 2.75) is 13.5 Å². The monoisotopic (exact) mass is 266 g/mol. The van der Waals surface area contributed by atoms with E-state index in [-0.39, 0.29) is 0 Å². The fourth-order valence-corrected chi connectivity index (χ4v) is 2.18. The zero-order valence-corrected chi connectivity index (χ0v) is 11.1. The minimum absolute atomic E-state index is 0.323. The number of carbonyl (C=O) groups excluding carboxylic acids is 1. The quantitative estimate of drug-likeness (QED) is 0.682. The van der Waals surface area contributed by atoms with Crippen LogP contribution in [0, 0.1) is 6.92 Å². The van der Waals surface area contributed by atoms with Crippen LogP contribution in [0.3, 0.4) is 0 Å². The van der Waals surface area contributed by atoms with Gasteiger partial charge in [-0.15, -0.1) is 0 Å². The Morgan fingerprint density at radius 3 is 2.80 bits per heavy atom. The first-order chi connectivity index (χ1) is 9.79. The molecule has 2 aromatic heterocycles. The van der Waals surface area contributed by atoms with Crippen LogP contribution >= 0.6 is 0 Å². The van der Waals surface area contributed by atoms with E-state index in [9.17, 15) is 4.79 Å². The molecule has 0 amide bonds. The minimum atomic E-state index is 0.323. The summed E-state index contributed by atoms with van der Waals surface area (Å²) < 4.78 is 7.67. The molecular formula is C16H14N2O2. The zero-order valence-electron chi connectivity index (χ0n) is 11.1. The van der Waals surface area contributed by atoms with Crippen molar-refractivity contribution in [1.29, 1.82) is 0 Å². The molecule has 0 aliphatic rings. The highest BCUT2D eigenvalue weighted by atomic mass is 16.5. The standard InChI is InChI=1S/C16H14N2O2/c1-12-6-2-3-8-15(12)20-11-16-17-13(10-19)14-7-4-5-9-18(14)16/h2-10H,11H2,1H3. The van der Waals surface area contributed by atoms with Crippen molar-refractivity contribution in [3.8, 4) is 5.75 Å². The lowest BCUT2D eigenvalue weighted by Gasteiger charge is -2.07. The third-order valence-corrected chi connectivity index (χ3v) is 3.21. The van der Waals surface area contributed by atoms with Crippen LogP contribution in [0.1, 0.15) is 21.9 Å². The molecule has 3 aromatic rings. The first-order valence-electron chi connectivity index (χ1n) is 6.39. The van der Waals surface area contributed by atoms with Crippen LogP contribution in [0.2, 0.25) is 0 Å². The number of ether oxygens (including phenoxy) is 1. The normalized spacial score (nSPS) is 10.7. The molecule has 0 aliphatic heterocycles. The van der Waals surface area contributed by atoms with E-state index in [4.69, 9.17) is 4.74 Å². The number of pyridine rings is 1. The number of para-hydroxylation sites is 1. The summed E-state index contributed by atoms with van der Waals surface area (Å²) in [6.07, 6.45) is 2.65. The molecule has 0 saturated carbocycles. The Balaban J connectivity index is 1.92. The van der Waals surface area contributed by atoms with Gasteiger partial charge in [-0.1, -0.05) is 24.3 Å². The lowest BCUT2D eigenvalue weighted by atomic mass is 10.2. The van der Waals surface area contributed by atoms with Gasteiger partial charge in [-0.05, 0) is 30.7 Å². The molecule has 20 heavy (non-hydrogen) atoms. The molecule has 0 atom stereocenters. The molecule has 0 spiro atoms. The van der Waals surface area contributed by atoms with Gasteiger partial charge in [0.1, 0.15) is 18.1 Å². The second-order valence-electron chi connectivity index (χ2n) is 4.54. The van der Waals surface area contributed by atoms with Gasteiger partial charge in [0.05, 0.1) is 5.52 Å². The second-order valence-corrected chi connectivity index (χ2v) is 4.54. The highest BCUT2D eigenvalue weighted by Crippen LogP contribution is 2.18. The van der Waals surface area contributed by atoms with Crippen LogP contribution in [-0.4, -0.2) is 15.7 Å². The van der Waals surface area contributed by atoms with E-state index in [1.54, 1.807) is 0 Å². The van der Waals surface area contributed by atoms with Gasteiger partial charge in [-0.3, -0.25) is 4.79 Å². The number of hydrogen-bond acceptors (Lipinski definition) is 3. The Labute approximate surface area is 116 Å². The maximum absolute atomic E-state index is 11.0. The molecule has 0 radical (unpaired) electrons. The second kappa shape index (κ2) is 5.17. The lowest BCUT2D eigenvalue weighted by Crippen LogP contribution is -2.02. The number of imidazole rings is 1. The number of aryl methyl sites for hydroxylation is 1. The number of benzene rings is 1. The summed E-state index contributed by atoms with van der Waals surface area (Å²) in [5.41, 5.74) is 2.31. The third-order valence-electron chi connectivity index (χ3n) is 3.21. The maximum atomic E-state index is 11.0. The van der Waals surface area contributed by atoms with Crippen molar-refractivity contribution in [2.24, 2.45) is 0 Å². The summed E-state index contributed by atoms with van der Waals surface area (Å²) in [7, 11) is 0. The van der Waals surface area contributed by atoms with E-state index in [2.05, 4.69) is 4.98 Å². The van der Waals surface area contributed by atoms with E-state index < -0.39 is 0 Å². The predicted molar refractivity (Wildman–Crippen MR) is 76.1 cm³/mol. The van der Waals surface area contributed by atoms with Gasteiger partial charge in [-0.2, -0.15) is 0 Å². The van der Waals surface area contributed by atoms with Crippen LogP contribution in [-0.2, 0) is 6.61 Å². The summed E-state index contributed by atoms with van der Waals surface area (Å²) in [6, 6.07) is 13.5. The molecule has 2 heterocycles. The highest BCUT2D eigenvalue weighted by molar-refractivity contribution is 5.83. The summed E-state index contributed by atoms with van der Waals surface area (Å²) >= 11 is 0. The molecule has 4 nitrogen and oxygen atoms in total. The number of aldehydes is 1. The average Bonchev–Trinajstić information content (AvgIpc) is 2.85. The van der Waals surface area contributed by atoms with Gasteiger partial charge in [0.2, 0.25) is 0 Å². The predicted octanol–water partition coefficient (Wildman–Crippen LogP) is 3.03. The number of fused-ring (bicyclic) bond motifs is 1. The van der Waals surface area contributed by atoms with E-state index in [0.29, 0.717) is 18.1 Å². The minimum Gasteiger partial charge on any atom is -0.485 e. The zero-order chi connectivity index (χ0) is 13.9. The van der Waals surface area contributed by atoms with Crippen molar-refractivity contribution >= 4 is 11.8 Å². The summed E-state index contributed by atoms with van der Waals surface area (Å²) in [4.78, 5) is 15.4. The van der Waals surface area contributed by atoms with E-state index in [1.165, 1.54) is 0 Å². The molecule has 0 aliphatic carbocycles. The molecule has 100 valence electrons. The lowest BCUT2D eigenvalue weighted by molar-refractivity contribution is 0.112. The molecular weight excluding hydrogens is 252 g/mol. The molecule has 0 N–H and O–H groups in total. The smallest absolute Gasteiger partial charge is 0.170 e. The van der Waals surface area contributed by atoms with Gasteiger partial charge in [0, 0.05) is 6.20 Å². The molecule has 0 saturated heterocycles. The fourth-order valence-electron chi connectivity index (χ4n) is 2.18. The Morgan fingerprint density at radius 1 is 1.20 bits per heavy atom. The first kappa shape index (κ1) is 12.4. The maximum Gasteiger partial charge on any atom is 0.170 e.